The van der Waals surface area contributed by atoms with E-state index in [0.29, 0.717) is 48.3 Å². The molecule has 0 radical (unpaired) electrons. The fraction of sp³-hybridized carbons (Fsp3) is 0.627. The van der Waals surface area contributed by atoms with Gasteiger partial charge in [-0.3, -0.25) is 14.5 Å². The summed E-state index contributed by atoms with van der Waals surface area (Å²) in [7, 11) is 3.51. The first-order valence-electron chi connectivity index (χ1n) is 24.4. The Morgan fingerprint density at radius 1 is 0.969 bits per heavy atom. The number of carbonyl (C=O) groups is 4. The molecule has 0 aromatic carbocycles. The Labute approximate surface area is 384 Å². The Morgan fingerprint density at radius 2 is 1.77 bits per heavy atom. The molecule has 1 aromatic rings. The number of imide groups is 1. The van der Waals surface area contributed by atoms with Crippen LogP contribution in [0, 0.1) is 46.3 Å². The Balaban J connectivity index is 1.13. The van der Waals surface area contributed by atoms with Crippen molar-refractivity contribution in [2.45, 2.75) is 134 Å². The van der Waals surface area contributed by atoms with Crippen LogP contribution in [0.5, 0.6) is 0 Å². The fourth-order valence-corrected chi connectivity index (χ4v) is 17.3. The number of nitrogens with zero attached hydrogens (tertiary/aromatic N) is 2. The van der Waals surface area contributed by atoms with Crippen molar-refractivity contribution in [1.82, 2.24) is 15.2 Å². The van der Waals surface area contributed by atoms with E-state index in [0.717, 1.165) is 85.8 Å². The van der Waals surface area contributed by atoms with E-state index in [1.165, 1.54) is 54.7 Å². The smallest absolute Gasteiger partial charge is 0.340 e. The number of anilines is 1. The number of pyridine rings is 1. The van der Waals surface area contributed by atoms with Gasteiger partial charge in [0, 0.05) is 54.4 Å². The lowest BCUT2D eigenvalue weighted by molar-refractivity contribution is -0.137. The van der Waals surface area contributed by atoms with Crippen molar-refractivity contribution in [3.8, 4) is 0 Å². The van der Waals surface area contributed by atoms with Crippen LogP contribution >= 0.6 is 21.6 Å². The molecule has 11 nitrogen and oxygen atoms in total. The predicted molar refractivity (Wildman–Crippen MR) is 247 cm³/mol. The van der Waals surface area contributed by atoms with Crippen LogP contribution in [0.25, 0.3) is 0 Å². The fourth-order valence-electron chi connectivity index (χ4n) is 14.8. The highest BCUT2D eigenvalue weighted by Crippen LogP contribution is 2.73. The number of aliphatic hydroxyl groups excluding tert-OH is 1. The number of carbonyl (C=O) groups excluding carboxylic acids is 4. The van der Waals surface area contributed by atoms with Crippen LogP contribution in [-0.4, -0.2) is 69.2 Å². The predicted octanol–water partition coefficient (Wildman–Crippen LogP) is 9.01. The van der Waals surface area contributed by atoms with E-state index in [4.69, 9.17) is 14.5 Å². The molecule has 13 heteroatoms. The molecule has 1 saturated heterocycles. The summed E-state index contributed by atoms with van der Waals surface area (Å²) >= 11 is 0. The van der Waals surface area contributed by atoms with E-state index in [2.05, 4.69) is 23.6 Å². The zero-order valence-electron chi connectivity index (χ0n) is 37.2. The van der Waals surface area contributed by atoms with E-state index in [9.17, 15) is 19.5 Å². The van der Waals surface area contributed by atoms with Crippen LogP contribution in [-0.2, 0) is 28.7 Å². The zero-order valence-corrected chi connectivity index (χ0v) is 38.8. The molecular formula is C51H62N4O7S2. The SMILES string of the molecule is CCC1(C2=C3OC(=O)C4=C3[C@@H](CC2)C[C@H]2[C@@H]3CC[C@@]5(C6=C3[C@H](CN3C(=O)C=CC3=O)c3ccnc(c3)NCSS[C@H](NC[C@H](C)O)[C@@H](C3CCCCC3)C/C=C\5OC6=O)[C@@H]42)CCCC1. The molecule has 1 spiro atoms. The second kappa shape index (κ2) is 16.9. The molecule has 2 amide bonds. The molecule has 7 aliphatic carbocycles. The monoisotopic (exact) mass is 906 g/mol. The number of aliphatic hydroxyl groups is 1. The van der Waals surface area contributed by atoms with Crippen molar-refractivity contribution in [1.29, 1.82) is 0 Å². The van der Waals surface area contributed by atoms with Gasteiger partial charge in [0.25, 0.3) is 11.8 Å². The van der Waals surface area contributed by atoms with Crippen LogP contribution in [0.2, 0.25) is 0 Å². The van der Waals surface area contributed by atoms with Gasteiger partial charge in [0.2, 0.25) is 0 Å². The van der Waals surface area contributed by atoms with Gasteiger partial charge in [0.05, 0.1) is 28.3 Å². The van der Waals surface area contributed by atoms with Gasteiger partial charge in [-0.05, 0) is 135 Å². The first-order chi connectivity index (χ1) is 31.1. The maximum Gasteiger partial charge on any atom is 0.340 e. The average molecular weight is 907 g/mol. The summed E-state index contributed by atoms with van der Waals surface area (Å²) < 4.78 is 13.4. The number of ether oxygens (including phenoxy) is 2. The van der Waals surface area contributed by atoms with Crippen LogP contribution in [0.3, 0.4) is 0 Å². The van der Waals surface area contributed by atoms with Gasteiger partial charge >= 0.3 is 11.9 Å². The maximum atomic E-state index is 15.2. The van der Waals surface area contributed by atoms with E-state index < -0.39 is 17.4 Å². The largest absolute Gasteiger partial charge is 0.427 e. The Morgan fingerprint density at radius 3 is 2.53 bits per heavy atom. The Bertz CT molecular complexity index is 2290. The van der Waals surface area contributed by atoms with E-state index in [1.54, 1.807) is 27.8 Å². The number of aromatic nitrogens is 1. The molecule has 64 heavy (non-hydrogen) atoms. The lowest BCUT2D eigenvalue weighted by Gasteiger charge is -2.58. The minimum atomic E-state index is -0.913. The number of amides is 2. The van der Waals surface area contributed by atoms with E-state index >= 15 is 4.79 Å². The molecule has 340 valence electrons. The molecule has 9 atom stereocenters. The second-order valence-corrected chi connectivity index (χ2v) is 23.1. The first kappa shape index (κ1) is 43.0. The van der Waals surface area contributed by atoms with Crippen molar-refractivity contribution in [3.63, 3.8) is 0 Å². The molecule has 7 bridgehead atoms. The van der Waals surface area contributed by atoms with Crippen molar-refractivity contribution >= 4 is 51.2 Å². The summed E-state index contributed by atoms with van der Waals surface area (Å²) in [6.07, 6.45) is 22.6. The summed E-state index contributed by atoms with van der Waals surface area (Å²) in [5, 5.41) is 17.8. The quantitative estimate of drug-likeness (QED) is 0.130. The van der Waals surface area contributed by atoms with Gasteiger partial charge in [-0.1, -0.05) is 73.5 Å². The number of hydrogen-bond acceptors (Lipinski definition) is 12. The van der Waals surface area contributed by atoms with Crippen molar-refractivity contribution in [2.75, 3.05) is 24.3 Å². The molecular weight excluding hydrogens is 845 g/mol. The molecule has 12 rings (SSSR count). The van der Waals surface area contributed by atoms with Gasteiger partial charge in [-0.2, -0.15) is 0 Å². The van der Waals surface area contributed by atoms with E-state index in [1.807, 2.05) is 19.1 Å². The molecule has 11 aliphatic rings. The van der Waals surface area contributed by atoms with Gasteiger partial charge in [-0.25, -0.2) is 14.6 Å². The first-order valence-corrected chi connectivity index (χ1v) is 26.8. The molecule has 4 aliphatic heterocycles. The standard InChI is InChI=1S/C51H62N4O7S2/c1-3-50(19-7-8-20-50)36-13-11-31-23-34-33-17-21-51(44(34)43-41(31)46(36)62-48(43)59)37-14-12-32(29-9-5-4-6-10-29)47(53-25-28(2)56)64-63-27-54-38-24-30(18-22-52-38)35(42(33)45(51)49(60)61-37)26-55-39(57)15-16-40(55)58/h14-16,18,22,24,28-29,31-35,44,47,53,56H,3-13,17,19-21,23,25-27H2,1-2H3,(H,52,54)/b37-14+/t28-,31-,32+,33-,34-,35+,44+,47-,51-/m0/s1. The number of allylic oxidation sites excluding steroid dienone is 4. The lowest BCUT2D eigenvalue weighted by atomic mass is 9.42. The Kier molecular flexibility index (Phi) is 11.3. The molecule has 3 N–H and O–H groups in total. The third-order valence-corrected chi connectivity index (χ3v) is 20.1. The van der Waals surface area contributed by atoms with Crippen molar-refractivity contribution < 1.29 is 33.8 Å². The highest BCUT2D eigenvalue weighted by Gasteiger charge is 2.70. The highest BCUT2D eigenvalue weighted by atomic mass is 33.1. The normalized spacial score (nSPS) is 35.9. The number of esters is 2. The van der Waals surface area contributed by atoms with Gasteiger partial charge in [-0.15, -0.1) is 0 Å². The number of nitrogens with one attached hydrogen (secondary N) is 2. The number of rotatable bonds is 8. The van der Waals surface area contributed by atoms with Gasteiger partial charge in [0.1, 0.15) is 17.3 Å². The number of fused-ring (bicyclic) bond motifs is 3. The molecule has 4 fully saturated rings. The average Bonchev–Trinajstić information content (AvgIpc) is 4.08. The zero-order chi connectivity index (χ0) is 43.9. The summed E-state index contributed by atoms with van der Waals surface area (Å²) in [6, 6.07) is 3.98. The third kappa shape index (κ3) is 6.85. The van der Waals surface area contributed by atoms with Crippen LogP contribution in [0.4, 0.5) is 5.82 Å². The van der Waals surface area contributed by atoms with Crippen LogP contribution in [0.1, 0.15) is 128 Å². The topological polar surface area (TPSA) is 147 Å². The lowest BCUT2D eigenvalue weighted by Crippen LogP contribution is -2.54. The summed E-state index contributed by atoms with van der Waals surface area (Å²) in [5.41, 5.74) is 4.87. The summed E-state index contributed by atoms with van der Waals surface area (Å²) in [4.78, 5) is 63.0. The van der Waals surface area contributed by atoms with Crippen molar-refractivity contribution in [3.05, 3.63) is 81.5 Å². The summed E-state index contributed by atoms with van der Waals surface area (Å²) in [6.45, 7) is 4.67. The maximum absolute atomic E-state index is 15.2. The van der Waals surface area contributed by atoms with Gasteiger partial charge in [0.15, 0.2) is 0 Å². The molecule has 3 saturated carbocycles. The third-order valence-electron chi connectivity index (χ3n) is 17.6. The number of hydrogen-bond donors (Lipinski definition) is 3. The van der Waals surface area contributed by atoms with Gasteiger partial charge < -0.3 is 25.2 Å². The Hall–Kier alpha value is -3.65. The van der Waals surface area contributed by atoms with E-state index in [-0.39, 0.29) is 70.7 Å². The summed E-state index contributed by atoms with van der Waals surface area (Å²) in [5.74, 6) is 1.42. The molecule has 1 aromatic heterocycles. The van der Waals surface area contributed by atoms with Crippen LogP contribution < -0.4 is 10.6 Å². The minimum Gasteiger partial charge on any atom is -0.427 e. The molecule has 5 heterocycles. The van der Waals surface area contributed by atoms with Crippen LogP contribution in [0.15, 0.2) is 75.9 Å². The highest BCUT2D eigenvalue weighted by molar-refractivity contribution is 8.76. The second-order valence-electron chi connectivity index (χ2n) is 20.5. The molecule has 0 unspecified atom stereocenters. The van der Waals surface area contributed by atoms with Crippen molar-refractivity contribution in [2.24, 2.45) is 46.3 Å². The minimum absolute atomic E-state index is 0.0112.